The first kappa shape index (κ1) is 17.2. The van der Waals surface area contributed by atoms with E-state index in [4.69, 9.17) is 9.47 Å². The lowest BCUT2D eigenvalue weighted by molar-refractivity contribution is -0.130. The highest BCUT2D eigenvalue weighted by atomic mass is 32.2. The van der Waals surface area contributed by atoms with Crippen molar-refractivity contribution in [3.8, 4) is 0 Å². The lowest BCUT2D eigenvalue weighted by Gasteiger charge is -2.31. The van der Waals surface area contributed by atoms with Crippen LogP contribution in [0.5, 0.6) is 0 Å². The van der Waals surface area contributed by atoms with Crippen LogP contribution in [-0.4, -0.2) is 76.8 Å². The van der Waals surface area contributed by atoms with Gasteiger partial charge in [0.2, 0.25) is 11.1 Å². The van der Waals surface area contributed by atoms with E-state index in [1.54, 1.807) is 18.8 Å². The zero-order valence-electron chi connectivity index (χ0n) is 13.1. The number of aromatic nitrogens is 4. The highest BCUT2D eigenvalue weighted by molar-refractivity contribution is 7.99. The molecule has 1 aromatic rings. The maximum atomic E-state index is 12.2. The van der Waals surface area contributed by atoms with Gasteiger partial charge in [0.25, 0.3) is 0 Å². The third-order valence-electron chi connectivity index (χ3n) is 3.66. The second-order valence-corrected chi connectivity index (χ2v) is 6.21. The number of carbonyl (C=O) groups is 1. The summed E-state index contributed by atoms with van der Waals surface area (Å²) in [5, 5.41) is 11.8. The van der Waals surface area contributed by atoms with Gasteiger partial charge in [0.05, 0.1) is 19.0 Å². The van der Waals surface area contributed by atoms with Gasteiger partial charge in [0, 0.05) is 33.9 Å². The standard InChI is InChI=1S/C13H23N5O3S/c1-17-13(14-15-16-17)22-10-12(19)18-5-3-11(4-6-18)9-21-8-7-20-2/h11H,3-10H2,1-2H3. The maximum absolute atomic E-state index is 12.2. The van der Waals surface area contributed by atoms with Crippen molar-refractivity contribution in [2.45, 2.75) is 18.0 Å². The van der Waals surface area contributed by atoms with Crippen LogP contribution >= 0.6 is 11.8 Å². The van der Waals surface area contributed by atoms with Crippen LogP contribution in [0.15, 0.2) is 5.16 Å². The molecule has 0 saturated carbocycles. The molecule has 0 bridgehead atoms. The van der Waals surface area contributed by atoms with E-state index >= 15 is 0 Å². The van der Waals surface area contributed by atoms with Crippen molar-refractivity contribution in [2.75, 3.05) is 45.8 Å². The second-order valence-electron chi connectivity index (χ2n) is 5.27. The third-order valence-corrected chi connectivity index (χ3v) is 4.65. The average molecular weight is 329 g/mol. The number of rotatable bonds is 8. The van der Waals surface area contributed by atoms with Gasteiger partial charge in [-0.05, 0) is 29.2 Å². The Hall–Kier alpha value is -1.19. The molecule has 0 atom stereocenters. The van der Waals surface area contributed by atoms with Crippen LogP contribution in [0.3, 0.4) is 0 Å². The van der Waals surface area contributed by atoms with E-state index in [1.165, 1.54) is 11.8 Å². The molecule has 0 spiro atoms. The summed E-state index contributed by atoms with van der Waals surface area (Å²) in [6.45, 7) is 3.62. The Morgan fingerprint density at radius 2 is 2.14 bits per heavy atom. The van der Waals surface area contributed by atoms with Crippen molar-refractivity contribution in [1.29, 1.82) is 0 Å². The van der Waals surface area contributed by atoms with Crippen molar-refractivity contribution in [3.05, 3.63) is 0 Å². The van der Waals surface area contributed by atoms with Crippen molar-refractivity contribution in [3.63, 3.8) is 0 Å². The topological polar surface area (TPSA) is 82.4 Å². The van der Waals surface area contributed by atoms with Crippen LogP contribution in [0.4, 0.5) is 0 Å². The zero-order chi connectivity index (χ0) is 15.8. The third kappa shape index (κ3) is 5.22. The number of ether oxygens (including phenoxy) is 2. The molecule has 0 unspecified atom stereocenters. The molecule has 1 saturated heterocycles. The average Bonchev–Trinajstić information content (AvgIpc) is 2.95. The Morgan fingerprint density at radius 1 is 1.36 bits per heavy atom. The van der Waals surface area contributed by atoms with Gasteiger partial charge in [-0.2, -0.15) is 0 Å². The molecular formula is C13H23N5O3S. The number of thioether (sulfide) groups is 1. The molecular weight excluding hydrogens is 306 g/mol. The van der Waals surface area contributed by atoms with Crippen LogP contribution < -0.4 is 0 Å². The molecule has 1 fully saturated rings. The second kappa shape index (κ2) is 9.06. The van der Waals surface area contributed by atoms with Crippen molar-refractivity contribution >= 4 is 17.7 Å². The smallest absolute Gasteiger partial charge is 0.233 e. The molecule has 1 aliphatic rings. The molecule has 22 heavy (non-hydrogen) atoms. The van der Waals surface area contributed by atoms with Gasteiger partial charge in [-0.25, -0.2) is 4.68 Å². The fourth-order valence-electron chi connectivity index (χ4n) is 2.30. The van der Waals surface area contributed by atoms with E-state index in [9.17, 15) is 4.79 Å². The lowest BCUT2D eigenvalue weighted by atomic mass is 9.98. The van der Waals surface area contributed by atoms with Gasteiger partial charge >= 0.3 is 0 Å². The van der Waals surface area contributed by atoms with Gasteiger partial charge < -0.3 is 14.4 Å². The number of amides is 1. The van der Waals surface area contributed by atoms with Crippen LogP contribution in [0.2, 0.25) is 0 Å². The van der Waals surface area contributed by atoms with Gasteiger partial charge in [-0.1, -0.05) is 11.8 Å². The predicted octanol–water partition coefficient (Wildman–Crippen LogP) is 0.204. The Balaban J connectivity index is 1.63. The summed E-state index contributed by atoms with van der Waals surface area (Å²) in [5.41, 5.74) is 0. The Bertz CT molecular complexity index is 462. The van der Waals surface area contributed by atoms with E-state index in [1.807, 2.05) is 4.90 Å². The van der Waals surface area contributed by atoms with E-state index < -0.39 is 0 Å². The number of carbonyl (C=O) groups excluding carboxylic acids is 1. The van der Waals surface area contributed by atoms with Crippen molar-refractivity contribution in [1.82, 2.24) is 25.1 Å². The number of likely N-dealkylation sites (tertiary alicyclic amines) is 1. The molecule has 1 aromatic heterocycles. The summed E-state index contributed by atoms with van der Waals surface area (Å²) in [7, 11) is 3.43. The molecule has 124 valence electrons. The maximum Gasteiger partial charge on any atom is 0.233 e. The predicted molar refractivity (Wildman–Crippen MR) is 81.5 cm³/mol. The monoisotopic (exact) mass is 329 g/mol. The largest absolute Gasteiger partial charge is 0.382 e. The molecule has 0 aromatic carbocycles. The molecule has 0 aliphatic carbocycles. The molecule has 0 radical (unpaired) electrons. The highest BCUT2D eigenvalue weighted by Crippen LogP contribution is 2.19. The van der Waals surface area contributed by atoms with Crippen LogP contribution in [0, 0.1) is 5.92 Å². The normalized spacial score (nSPS) is 16.2. The van der Waals surface area contributed by atoms with Gasteiger partial charge in [0.1, 0.15) is 0 Å². The summed E-state index contributed by atoms with van der Waals surface area (Å²) in [6, 6.07) is 0. The Labute approximate surface area is 134 Å². The highest BCUT2D eigenvalue weighted by Gasteiger charge is 2.23. The van der Waals surface area contributed by atoms with Crippen molar-refractivity contribution in [2.24, 2.45) is 13.0 Å². The molecule has 8 nitrogen and oxygen atoms in total. The van der Waals surface area contributed by atoms with Gasteiger partial charge in [-0.15, -0.1) is 5.10 Å². The summed E-state index contributed by atoms with van der Waals surface area (Å²) in [5.74, 6) is 1.06. The van der Waals surface area contributed by atoms with Crippen molar-refractivity contribution < 1.29 is 14.3 Å². The number of hydrogen-bond acceptors (Lipinski definition) is 7. The number of nitrogens with zero attached hydrogens (tertiary/aromatic N) is 5. The fraction of sp³-hybridized carbons (Fsp3) is 0.846. The first-order chi connectivity index (χ1) is 10.7. The van der Waals surface area contributed by atoms with Gasteiger partial charge in [0.15, 0.2) is 0 Å². The van der Waals surface area contributed by atoms with E-state index in [0.29, 0.717) is 30.0 Å². The molecule has 0 N–H and O–H groups in total. The van der Waals surface area contributed by atoms with Crippen LogP contribution in [-0.2, 0) is 21.3 Å². The number of aryl methyl sites for hydroxylation is 1. The summed E-state index contributed by atoms with van der Waals surface area (Å²) in [6.07, 6.45) is 1.99. The first-order valence-corrected chi connectivity index (χ1v) is 8.39. The summed E-state index contributed by atoms with van der Waals surface area (Å²) >= 11 is 1.37. The minimum absolute atomic E-state index is 0.145. The number of tetrazole rings is 1. The molecule has 1 aliphatic heterocycles. The van der Waals surface area contributed by atoms with Crippen LogP contribution in [0.1, 0.15) is 12.8 Å². The number of piperidine rings is 1. The van der Waals surface area contributed by atoms with E-state index in [-0.39, 0.29) is 5.91 Å². The quantitative estimate of drug-likeness (QED) is 0.498. The molecule has 9 heteroatoms. The molecule has 2 rings (SSSR count). The number of methoxy groups -OCH3 is 1. The Morgan fingerprint density at radius 3 is 2.77 bits per heavy atom. The summed E-state index contributed by atoms with van der Waals surface area (Å²) in [4.78, 5) is 14.1. The number of hydrogen-bond donors (Lipinski definition) is 0. The van der Waals surface area contributed by atoms with Crippen LogP contribution in [0.25, 0.3) is 0 Å². The van der Waals surface area contributed by atoms with E-state index in [0.717, 1.165) is 32.5 Å². The molecule has 2 heterocycles. The minimum Gasteiger partial charge on any atom is -0.382 e. The Kier molecular flexibility index (Phi) is 7.07. The first-order valence-electron chi connectivity index (χ1n) is 7.40. The van der Waals surface area contributed by atoms with E-state index in [2.05, 4.69) is 15.5 Å². The zero-order valence-corrected chi connectivity index (χ0v) is 13.9. The summed E-state index contributed by atoms with van der Waals surface area (Å²) < 4.78 is 12.1. The minimum atomic E-state index is 0.145. The molecule has 1 amide bonds. The fourth-order valence-corrected chi connectivity index (χ4v) is 3.06. The van der Waals surface area contributed by atoms with Gasteiger partial charge in [-0.3, -0.25) is 4.79 Å². The SMILES string of the molecule is COCCOCC1CCN(C(=O)CSc2nnnn2C)CC1. The lowest BCUT2D eigenvalue weighted by Crippen LogP contribution is -2.40.